The van der Waals surface area contributed by atoms with Crippen molar-refractivity contribution in [1.29, 1.82) is 0 Å². The Morgan fingerprint density at radius 3 is 2.77 bits per heavy atom. The quantitative estimate of drug-likeness (QED) is 0.631. The first-order valence-electron chi connectivity index (χ1n) is 7.18. The van der Waals surface area contributed by atoms with Crippen LogP contribution >= 0.6 is 23.1 Å². The fraction of sp³-hybridized carbons (Fsp3) is 0.250. The van der Waals surface area contributed by atoms with Gasteiger partial charge in [-0.05, 0) is 35.9 Å². The molecule has 0 bridgehead atoms. The Morgan fingerprint density at radius 2 is 2.05 bits per heavy atom. The van der Waals surface area contributed by atoms with E-state index in [1.165, 1.54) is 18.9 Å². The van der Waals surface area contributed by atoms with Crippen LogP contribution in [0.5, 0.6) is 0 Å². The summed E-state index contributed by atoms with van der Waals surface area (Å²) in [6.07, 6.45) is 2.34. The largest absolute Gasteiger partial charge is 0.298 e. The SMILES string of the molecule is Fc1ccccc1CSc1nnc(-c2cccs2)n1C1CC1. The lowest BCUT2D eigenvalue weighted by atomic mass is 10.2. The Morgan fingerprint density at radius 1 is 1.18 bits per heavy atom. The van der Waals surface area contributed by atoms with Crippen LogP contribution in [0.3, 0.4) is 0 Å². The molecule has 22 heavy (non-hydrogen) atoms. The first-order chi connectivity index (χ1) is 10.8. The van der Waals surface area contributed by atoms with E-state index in [-0.39, 0.29) is 5.82 Å². The molecule has 1 fully saturated rings. The van der Waals surface area contributed by atoms with Crippen molar-refractivity contribution in [2.75, 3.05) is 0 Å². The van der Waals surface area contributed by atoms with E-state index >= 15 is 0 Å². The molecule has 3 aromatic rings. The summed E-state index contributed by atoms with van der Waals surface area (Å²) in [5.41, 5.74) is 0.704. The molecule has 0 spiro atoms. The lowest BCUT2D eigenvalue weighted by molar-refractivity contribution is 0.617. The van der Waals surface area contributed by atoms with Crippen LogP contribution in [0.1, 0.15) is 24.4 Å². The van der Waals surface area contributed by atoms with E-state index < -0.39 is 0 Å². The topological polar surface area (TPSA) is 30.7 Å². The van der Waals surface area contributed by atoms with E-state index in [0.29, 0.717) is 17.4 Å². The van der Waals surface area contributed by atoms with Crippen molar-refractivity contribution in [3.8, 4) is 10.7 Å². The van der Waals surface area contributed by atoms with Gasteiger partial charge in [-0.25, -0.2) is 4.39 Å². The summed E-state index contributed by atoms with van der Waals surface area (Å²) in [5.74, 6) is 1.35. The molecule has 0 atom stereocenters. The van der Waals surface area contributed by atoms with Gasteiger partial charge in [0.25, 0.3) is 0 Å². The Kier molecular flexibility index (Phi) is 3.72. The second kappa shape index (κ2) is 5.85. The van der Waals surface area contributed by atoms with Gasteiger partial charge in [-0.15, -0.1) is 21.5 Å². The van der Waals surface area contributed by atoms with Gasteiger partial charge in [0.15, 0.2) is 11.0 Å². The molecule has 2 aromatic heterocycles. The van der Waals surface area contributed by atoms with Gasteiger partial charge in [0.1, 0.15) is 5.82 Å². The maximum Gasteiger partial charge on any atom is 0.192 e. The average molecular weight is 331 g/mol. The molecule has 1 saturated carbocycles. The summed E-state index contributed by atoms with van der Waals surface area (Å²) in [6, 6.07) is 11.5. The van der Waals surface area contributed by atoms with Gasteiger partial charge in [0.05, 0.1) is 4.88 Å². The highest BCUT2D eigenvalue weighted by Gasteiger charge is 2.30. The van der Waals surface area contributed by atoms with Gasteiger partial charge in [0, 0.05) is 11.8 Å². The number of rotatable bonds is 5. The number of halogens is 1. The fourth-order valence-corrected chi connectivity index (χ4v) is 4.07. The highest BCUT2D eigenvalue weighted by atomic mass is 32.2. The summed E-state index contributed by atoms with van der Waals surface area (Å²) >= 11 is 3.23. The number of thiophene rings is 1. The summed E-state index contributed by atoms with van der Waals surface area (Å²) in [6.45, 7) is 0. The van der Waals surface area contributed by atoms with Crippen molar-refractivity contribution in [2.24, 2.45) is 0 Å². The van der Waals surface area contributed by atoms with Crippen LogP contribution in [0, 0.1) is 5.82 Å². The zero-order chi connectivity index (χ0) is 14.9. The molecule has 0 saturated heterocycles. The van der Waals surface area contributed by atoms with Crippen LogP contribution in [-0.4, -0.2) is 14.8 Å². The number of hydrogen-bond donors (Lipinski definition) is 0. The van der Waals surface area contributed by atoms with Gasteiger partial charge in [0.2, 0.25) is 0 Å². The van der Waals surface area contributed by atoms with Crippen molar-refractivity contribution in [3.63, 3.8) is 0 Å². The molecule has 0 radical (unpaired) electrons. The van der Waals surface area contributed by atoms with Crippen molar-refractivity contribution in [3.05, 3.63) is 53.2 Å². The van der Waals surface area contributed by atoms with E-state index in [9.17, 15) is 4.39 Å². The normalized spacial score (nSPS) is 14.4. The zero-order valence-electron chi connectivity index (χ0n) is 11.8. The van der Waals surface area contributed by atoms with Gasteiger partial charge < -0.3 is 0 Å². The molecule has 0 aliphatic heterocycles. The van der Waals surface area contributed by atoms with Crippen molar-refractivity contribution in [1.82, 2.24) is 14.8 Å². The standard InChI is InChI=1S/C16H14FN3S2/c17-13-5-2-1-4-11(13)10-22-16-19-18-15(14-6-3-9-21-14)20(16)12-7-8-12/h1-6,9,12H,7-8,10H2. The highest BCUT2D eigenvalue weighted by molar-refractivity contribution is 7.98. The molecule has 0 amide bonds. The maximum atomic E-state index is 13.7. The summed E-state index contributed by atoms with van der Waals surface area (Å²) < 4.78 is 16.0. The Balaban J connectivity index is 1.61. The molecule has 112 valence electrons. The molecule has 3 nitrogen and oxygen atoms in total. The van der Waals surface area contributed by atoms with Crippen LogP contribution in [0.25, 0.3) is 10.7 Å². The second-order valence-corrected chi connectivity index (χ2v) is 7.15. The minimum atomic E-state index is -0.161. The number of thioether (sulfide) groups is 1. The minimum Gasteiger partial charge on any atom is -0.298 e. The highest BCUT2D eigenvalue weighted by Crippen LogP contribution is 2.42. The van der Waals surface area contributed by atoms with Gasteiger partial charge in [-0.2, -0.15) is 0 Å². The Hall–Kier alpha value is -1.66. The zero-order valence-corrected chi connectivity index (χ0v) is 13.4. The van der Waals surface area contributed by atoms with Crippen molar-refractivity contribution in [2.45, 2.75) is 29.8 Å². The van der Waals surface area contributed by atoms with E-state index in [4.69, 9.17) is 0 Å². The van der Waals surface area contributed by atoms with Crippen molar-refractivity contribution >= 4 is 23.1 Å². The second-order valence-electron chi connectivity index (χ2n) is 5.26. The molecule has 1 aliphatic carbocycles. The molecule has 0 N–H and O–H groups in total. The summed E-state index contributed by atoms with van der Waals surface area (Å²) in [7, 11) is 0. The van der Waals surface area contributed by atoms with Crippen LogP contribution in [0.4, 0.5) is 4.39 Å². The van der Waals surface area contributed by atoms with E-state index in [2.05, 4.69) is 20.8 Å². The molecule has 2 heterocycles. The monoisotopic (exact) mass is 331 g/mol. The molecule has 6 heteroatoms. The predicted octanol–water partition coefficient (Wildman–Crippen LogP) is 4.77. The van der Waals surface area contributed by atoms with Crippen LogP contribution in [-0.2, 0) is 5.75 Å². The van der Waals surface area contributed by atoms with Crippen LogP contribution in [0.2, 0.25) is 0 Å². The number of aromatic nitrogens is 3. The lowest BCUT2D eigenvalue weighted by Gasteiger charge is -2.08. The third kappa shape index (κ3) is 2.68. The molecule has 1 aliphatic rings. The summed E-state index contributed by atoms with van der Waals surface area (Å²) in [4.78, 5) is 1.14. The van der Waals surface area contributed by atoms with Gasteiger partial charge in [-0.3, -0.25) is 4.57 Å². The first-order valence-corrected chi connectivity index (χ1v) is 9.04. The minimum absolute atomic E-state index is 0.161. The molecular formula is C16H14FN3S2. The van der Waals surface area contributed by atoms with E-state index in [1.54, 1.807) is 29.2 Å². The molecule has 1 aromatic carbocycles. The predicted molar refractivity (Wildman–Crippen MR) is 87.6 cm³/mol. The third-order valence-electron chi connectivity index (χ3n) is 3.63. The van der Waals surface area contributed by atoms with E-state index in [1.807, 2.05) is 23.6 Å². The van der Waals surface area contributed by atoms with Gasteiger partial charge >= 0.3 is 0 Å². The molecular weight excluding hydrogens is 317 g/mol. The average Bonchev–Trinajstić information content (AvgIpc) is 3.06. The Bertz CT molecular complexity index is 779. The van der Waals surface area contributed by atoms with Crippen LogP contribution < -0.4 is 0 Å². The fourth-order valence-electron chi connectivity index (χ4n) is 2.37. The van der Waals surface area contributed by atoms with Crippen molar-refractivity contribution < 1.29 is 4.39 Å². The smallest absolute Gasteiger partial charge is 0.192 e. The third-order valence-corrected chi connectivity index (χ3v) is 5.49. The maximum absolute atomic E-state index is 13.7. The number of nitrogens with zero attached hydrogens (tertiary/aromatic N) is 3. The van der Waals surface area contributed by atoms with Gasteiger partial charge in [-0.1, -0.05) is 36.0 Å². The van der Waals surface area contributed by atoms with Crippen LogP contribution in [0.15, 0.2) is 46.9 Å². The number of hydrogen-bond acceptors (Lipinski definition) is 4. The lowest BCUT2D eigenvalue weighted by Crippen LogP contribution is -1.99. The Labute approximate surface area is 136 Å². The molecule has 4 rings (SSSR count). The van der Waals surface area contributed by atoms with E-state index in [0.717, 1.165) is 15.9 Å². The first kappa shape index (κ1) is 14.0. The summed E-state index contributed by atoms with van der Waals surface area (Å²) in [5, 5.41) is 11.6. The number of benzene rings is 1. The molecule has 0 unspecified atom stereocenters.